The van der Waals surface area contributed by atoms with Gasteiger partial charge in [0.05, 0.1) is 0 Å². The third kappa shape index (κ3) is 3.67. The molecule has 0 aromatic heterocycles. The molecule has 112 valence electrons. The largest absolute Gasteiger partial charge is 0.434 e. The van der Waals surface area contributed by atoms with Crippen LogP contribution in [-0.2, 0) is 0 Å². The van der Waals surface area contributed by atoms with Gasteiger partial charge in [0.1, 0.15) is 5.75 Å². The highest BCUT2D eigenvalue weighted by Gasteiger charge is 2.28. The van der Waals surface area contributed by atoms with Gasteiger partial charge in [0.15, 0.2) is 0 Å². The van der Waals surface area contributed by atoms with E-state index in [0.717, 1.165) is 18.4 Å². The number of halogens is 2. The summed E-state index contributed by atoms with van der Waals surface area (Å²) in [5.74, 6) is 0.713. The first-order valence-corrected chi connectivity index (χ1v) is 7.11. The molecular formula is C15H22F2N2O. The zero-order valence-electron chi connectivity index (χ0n) is 11.7. The fraction of sp³-hybridized carbons (Fsp3) is 0.600. The highest BCUT2D eigenvalue weighted by atomic mass is 19.3. The first kappa shape index (κ1) is 15.2. The summed E-state index contributed by atoms with van der Waals surface area (Å²) in [6.07, 6.45) is 3.39. The number of hydrogen-bond acceptors (Lipinski definition) is 3. The fourth-order valence-electron chi connectivity index (χ4n) is 2.99. The Hall–Kier alpha value is -1.20. The predicted octanol–water partition coefficient (Wildman–Crippen LogP) is 3.07. The minimum absolute atomic E-state index is 0.0397. The zero-order chi connectivity index (χ0) is 14.5. The van der Waals surface area contributed by atoms with E-state index in [4.69, 9.17) is 5.73 Å². The van der Waals surface area contributed by atoms with Crippen molar-refractivity contribution in [2.75, 3.05) is 6.54 Å². The molecule has 20 heavy (non-hydrogen) atoms. The van der Waals surface area contributed by atoms with Gasteiger partial charge in [-0.05, 0) is 38.3 Å². The van der Waals surface area contributed by atoms with Crippen LogP contribution in [0.2, 0.25) is 0 Å². The van der Waals surface area contributed by atoms with Crippen LogP contribution in [0.25, 0.3) is 0 Å². The van der Waals surface area contributed by atoms with Crippen LogP contribution in [0.5, 0.6) is 5.75 Å². The van der Waals surface area contributed by atoms with Crippen molar-refractivity contribution in [3.05, 3.63) is 29.8 Å². The Morgan fingerprint density at radius 1 is 1.35 bits per heavy atom. The molecule has 3 unspecified atom stereocenters. The lowest BCUT2D eigenvalue weighted by Crippen LogP contribution is -2.37. The molecule has 0 aliphatic heterocycles. The first-order chi connectivity index (χ1) is 9.61. The lowest BCUT2D eigenvalue weighted by atomic mass is 10.0. The summed E-state index contributed by atoms with van der Waals surface area (Å²) < 4.78 is 29.4. The van der Waals surface area contributed by atoms with Gasteiger partial charge in [-0.1, -0.05) is 24.6 Å². The Balaban J connectivity index is 2.06. The second kappa shape index (κ2) is 6.99. The summed E-state index contributed by atoms with van der Waals surface area (Å²) in [4.78, 5) is 0. The van der Waals surface area contributed by atoms with E-state index in [1.807, 2.05) is 19.1 Å². The van der Waals surface area contributed by atoms with Crippen LogP contribution in [0.3, 0.4) is 0 Å². The number of ether oxygens (including phenoxy) is 1. The average molecular weight is 284 g/mol. The Labute approximate surface area is 118 Å². The number of benzene rings is 1. The van der Waals surface area contributed by atoms with Crippen molar-refractivity contribution in [1.29, 1.82) is 0 Å². The van der Waals surface area contributed by atoms with Crippen molar-refractivity contribution in [3.63, 3.8) is 0 Å². The van der Waals surface area contributed by atoms with Crippen molar-refractivity contribution < 1.29 is 13.5 Å². The standard InChI is InChI=1S/C15H22F2N2O/c1-10(19-13-7-4-5-11(13)9-18)12-6-2-3-8-14(12)20-15(16)17/h2-3,6,8,10-11,13,15,19H,4-5,7,9,18H2,1H3. The molecule has 0 saturated heterocycles. The molecule has 2 rings (SSSR count). The fourth-order valence-corrected chi connectivity index (χ4v) is 2.99. The van der Waals surface area contributed by atoms with Gasteiger partial charge in [0.2, 0.25) is 0 Å². The van der Waals surface area contributed by atoms with Crippen LogP contribution in [0.1, 0.15) is 37.8 Å². The lowest BCUT2D eigenvalue weighted by Gasteiger charge is -2.25. The lowest BCUT2D eigenvalue weighted by molar-refractivity contribution is -0.0507. The molecular weight excluding hydrogens is 262 g/mol. The van der Waals surface area contributed by atoms with E-state index in [9.17, 15) is 8.78 Å². The smallest absolute Gasteiger partial charge is 0.387 e. The molecule has 0 bridgehead atoms. The van der Waals surface area contributed by atoms with Crippen LogP contribution in [0.4, 0.5) is 8.78 Å². The Morgan fingerprint density at radius 2 is 2.10 bits per heavy atom. The number of nitrogens with two attached hydrogens (primary N) is 1. The van der Waals surface area contributed by atoms with E-state index in [2.05, 4.69) is 10.1 Å². The maximum absolute atomic E-state index is 12.4. The van der Waals surface area contributed by atoms with Gasteiger partial charge in [0.25, 0.3) is 0 Å². The zero-order valence-corrected chi connectivity index (χ0v) is 11.7. The average Bonchev–Trinajstić information content (AvgIpc) is 2.85. The van der Waals surface area contributed by atoms with Gasteiger partial charge in [-0.15, -0.1) is 0 Å². The minimum Gasteiger partial charge on any atom is -0.434 e. The van der Waals surface area contributed by atoms with Crippen molar-refractivity contribution in [3.8, 4) is 5.75 Å². The molecule has 1 fully saturated rings. The first-order valence-electron chi connectivity index (χ1n) is 7.11. The van der Waals surface area contributed by atoms with E-state index >= 15 is 0 Å². The van der Waals surface area contributed by atoms with Gasteiger partial charge in [-0.2, -0.15) is 8.78 Å². The third-order valence-electron chi connectivity index (χ3n) is 4.03. The molecule has 0 spiro atoms. The molecule has 0 amide bonds. The van der Waals surface area contributed by atoms with Gasteiger partial charge in [-0.3, -0.25) is 0 Å². The molecule has 1 aliphatic carbocycles. The SMILES string of the molecule is CC(NC1CCCC1CN)c1ccccc1OC(F)F. The molecule has 3 nitrogen and oxygen atoms in total. The highest BCUT2D eigenvalue weighted by molar-refractivity contribution is 5.35. The number of hydrogen-bond donors (Lipinski definition) is 2. The number of nitrogens with one attached hydrogen (secondary N) is 1. The summed E-state index contributed by atoms with van der Waals surface area (Å²) >= 11 is 0. The second-order valence-electron chi connectivity index (χ2n) is 5.34. The van der Waals surface area contributed by atoms with Crippen LogP contribution >= 0.6 is 0 Å². The van der Waals surface area contributed by atoms with Crippen LogP contribution < -0.4 is 15.8 Å². The maximum atomic E-state index is 12.4. The molecule has 5 heteroatoms. The molecule has 1 saturated carbocycles. The van der Waals surface area contributed by atoms with E-state index in [1.165, 1.54) is 6.42 Å². The second-order valence-corrected chi connectivity index (χ2v) is 5.34. The normalized spacial score (nSPS) is 24.1. The van der Waals surface area contributed by atoms with Crippen molar-refractivity contribution >= 4 is 0 Å². The Bertz CT molecular complexity index is 428. The summed E-state index contributed by atoms with van der Waals surface area (Å²) in [6.45, 7) is -0.161. The Morgan fingerprint density at radius 3 is 2.80 bits per heavy atom. The number of rotatable bonds is 6. The summed E-state index contributed by atoms with van der Waals surface area (Å²) in [5, 5.41) is 3.50. The topological polar surface area (TPSA) is 47.3 Å². The molecule has 1 aromatic rings. The minimum atomic E-state index is -2.80. The summed E-state index contributed by atoms with van der Waals surface area (Å²) in [5.41, 5.74) is 6.53. The molecule has 3 atom stereocenters. The van der Waals surface area contributed by atoms with Crippen molar-refractivity contribution in [2.45, 2.75) is 44.9 Å². The number of para-hydroxylation sites is 1. The van der Waals surface area contributed by atoms with Crippen molar-refractivity contribution in [1.82, 2.24) is 5.32 Å². The van der Waals surface area contributed by atoms with Gasteiger partial charge >= 0.3 is 6.61 Å². The quantitative estimate of drug-likeness (QED) is 0.844. The van der Waals surface area contributed by atoms with Crippen molar-refractivity contribution in [2.24, 2.45) is 11.7 Å². The van der Waals surface area contributed by atoms with E-state index in [0.29, 0.717) is 18.5 Å². The Kier molecular flexibility index (Phi) is 5.31. The van der Waals surface area contributed by atoms with Gasteiger partial charge in [0, 0.05) is 17.6 Å². The van der Waals surface area contributed by atoms with E-state index in [-0.39, 0.29) is 11.8 Å². The van der Waals surface area contributed by atoms with Gasteiger partial charge in [-0.25, -0.2) is 0 Å². The van der Waals surface area contributed by atoms with Crippen LogP contribution in [0.15, 0.2) is 24.3 Å². The van der Waals surface area contributed by atoms with Gasteiger partial charge < -0.3 is 15.8 Å². The summed E-state index contributed by atoms with van der Waals surface area (Å²) in [7, 11) is 0. The molecule has 0 radical (unpaired) electrons. The molecule has 3 N–H and O–H groups in total. The highest BCUT2D eigenvalue weighted by Crippen LogP contribution is 2.30. The molecule has 1 aromatic carbocycles. The predicted molar refractivity (Wildman–Crippen MR) is 74.8 cm³/mol. The monoisotopic (exact) mass is 284 g/mol. The van der Waals surface area contributed by atoms with E-state index in [1.54, 1.807) is 12.1 Å². The maximum Gasteiger partial charge on any atom is 0.387 e. The van der Waals surface area contributed by atoms with E-state index < -0.39 is 6.61 Å². The molecule has 1 aliphatic rings. The molecule has 0 heterocycles. The van der Waals surface area contributed by atoms with Crippen LogP contribution in [-0.4, -0.2) is 19.2 Å². The summed E-state index contributed by atoms with van der Waals surface area (Å²) in [6, 6.07) is 7.25. The third-order valence-corrected chi connectivity index (χ3v) is 4.03. The van der Waals surface area contributed by atoms with Crippen LogP contribution in [0, 0.1) is 5.92 Å². The number of alkyl halides is 2.